The number of fused-ring (bicyclic) bond motifs is 2. The minimum Gasteiger partial charge on any atom is -0.480 e. The number of carboxylic acid groups (broad SMARTS) is 1. The molecular formula is C36H29F6N3O4. The molecule has 1 atom stereocenters. The summed E-state index contributed by atoms with van der Waals surface area (Å²) in [6, 6.07) is 14.8. The van der Waals surface area contributed by atoms with Crippen molar-refractivity contribution in [3.05, 3.63) is 117 Å². The van der Waals surface area contributed by atoms with Crippen molar-refractivity contribution < 1.29 is 41.0 Å². The van der Waals surface area contributed by atoms with Gasteiger partial charge in [-0.25, -0.2) is 18.0 Å². The van der Waals surface area contributed by atoms with Crippen LogP contribution in [-0.2, 0) is 30.9 Å². The van der Waals surface area contributed by atoms with E-state index >= 15 is 0 Å². The Kier molecular flexibility index (Phi) is 8.97. The van der Waals surface area contributed by atoms with Gasteiger partial charge in [-0.15, -0.1) is 0 Å². The second-order valence-corrected chi connectivity index (χ2v) is 12.1. The van der Waals surface area contributed by atoms with Crippen LogP contribution in [0.25, 0.3) is 32.8 Å². The number of carbonyl (C=O) groups excluding carboxylic acids is 1. The zero-order valence-electron chi connectivity index (χ0n) is 26.0. The second-order valence-electron chi connectivity index (χ2n) is 12.1. The number of nitrogens with zero attached hydrogens (tertiary/aromatic N) is 2. The van der Waals surface area contributed by atoms with Crippen molar-refractivity contribution >= 4 is 33.6 Å². The number of benzene rings is 4. The zero-order valence-corrected chi connectivity index (χ0v) is 26.0. The molecule has 1 fully saturated rings. The molecule has 1 amide bonds. The van der Waals surface area contributed by atoms with Gasteiger partial charge in [0.1, 0.15) is 29.4 Å². The van der Waals surface area contributed by atoms with Crippen LogP contribution >= 0.6 is 0 Å². The SMILES string of the molecule is Cn1c(=O)c(-c2cccc3c(C[C@H](NC(=O)c4c(F)cc(CCN5CC(F)C5)cc4F)C(=O)O)cccc23)c(C(F)(F)F)c2ccccc21. The van der Waals surface area contributed by atoms with Crippen LogP contribution in [0, 0.1) is 11.6 Å². The van der Waals surface area contributed by atoms with E-state index in [9.17, 15) is 45.8 Å². The number of likely N-dealkylation sites (tertiary alicyclic amines) is 1. The molecule has 2 heterocycles. The van der Waals surface area contributed by atoms with Gasteiger partial charge >= 0.3 is 12.1 Å². The van der Waals surface area contributed by atoms with Gasteiger partial charge in [-0.3, -0.25) is 14.5 Å². The van der Waals surface area contributed by atoms with Gasteiger partial charge < -0.3 is 15.0 Å². The average molecular weight is 682 g/mol. The number of amides is 1. The fourth-order valence-electron chi connectivity index (χ4n) is 6.43. The predicted molar refractivity (Wildman–Crippen MR) is 171 cm³/mol. The number of aryl methyl sites for hydroxylation is 1. The number of halogens is 6. The molecule has 4 aromatic carbocycles. The van der Waals surface area contributed by atoms with Gasteiger partial charge in [-0.05, 0) is 52.1 Å². The van der Waals surface area contributed by atoms with Gasteiger partial charge in [0, 0.05) is 38.5 Å². The summed E-state index contributed by atoms with van der Waals surface area (Å²) in [6.45, 7) is 0.832. The van der Waals surface area contributed by atoms with E-state index in [0.29, 0.717) is 11.9 Å². The van der Waals surface area contributed by atoms with Crippen molar-refractivity contribution in [1.29, 1.82) is 0 Å². The molecule has 49 heavy (non-hydrogen) atoms. The lowest BCUT2D eigenvalue weighted by Gasteiger charge is -2.34. The van der Waals surface area contributed by atoms with Crippen LogP contribution in [0.1, 0.15) is 27.0 Å². The molecule has 254 valence electrons. The second kappa shape index (κ2) is 13.0. The van der Waals surface area contributed by atoms with E-state index in [0.717, 1.165) is 16.7 Å². The molecule has 0 unspecified atom stereocenters. The first kappa shape index (κ1) is 33.7. The van der Waals surface area contributed by atoms with Crippen molar-refractivity contribution in [2.45, 2.75) is 31.2 Å². The van der Waals surface area contributed by atoms with E-state index in [2.05, 4.69) is 5.32 Å². The largest absolute Gasteiger partial charge is 0.480 e. The summed E-state index contributed by atoms with van der Waals surface area (Å²) in [5.41, 5.74) is -2.96. The normalized spacial score (nSPS) is 14.6. The summed E-state index contributed by atoms with van der Waals surface area (Å²) < 4.78 is 88.1. The standard InChI is InChI=1S/C36H29F6N3O4/c1-44-29-11-3-2-7-25(29)32(36(40,41)42)30(34(44)47)24-10-5-8-22-20(6-4-9-23(22)24)16-28(35(48)49)43-33(46)31-26(38)14-19(15-27(31)39)12-13-45-17-21(37)18-45/h2-11,14-15,21,28H,12-13,16-18H2,1H3,(H,43,46)(H,48,49)/t28-/m0/s1. The Bertz CT molecular complexity index is 2150. The number of aromatic nitrogens is 1. The Morgan fingerprint density at radius 3 is 2.22 bits per heavy atom. The molecule has 0 aliphatic carbocycles. The number of aliphatic carboxylic acids is 1. The minimum absolute atomic E-state index is 0.0307. The van der Waals surface area contributed by atoms with Gasteiger partial charge in [-0.2, -0.15) is 13.2 Å². The zero-order chi connectivity index (χ0) is 35.2. The summed E-state index contributed by atoms with van der Waals surface area (Å²) >= 11 is 0. The quantitative estimate of drug-likeness (QED) is 0.179. The molecule has 1 aromatic heterocycles. The lowest BCUT2D eigenvalue weighted by Crippen LogP contribution is -2.48. The topological polar surface area (TPSA) is 91.6 Å². The number of nitrogens with one attached hydrogen (secondary N) is 1. The summed E-state index contributed by atoms with van der Waals surface area (Å²) in [5.74, 6) is -5.23. The fourth-order valence-corrected chi connectivity index (χ4v) is 6.43. The maximum absolute atomic E-state index is 15.0. The predicted octanol–water partition coefficient (Wildman–Crippen LogP) is 6.28. The van der Waals surface area contributed by atoms with E-state index in [1.807, 2.05) is 0 Å². The first-order valence-electron chi connectivity index (χ1n) is 15.3. The number of rotatable bonds is 9. The summed E-state index contributed by atoms with van der Waals surface area (Å²) in [7, 11) is 1.37. The Morgan fingerprint density at radius 2 is 1.57 bits per heavy atom. The molecule has 2 N–H and O–H groups in total. The summed E-state index contributed by atoms with van der Waals surface area (Å²) in [6.07, 6.45) is -6.04. The Labute approximate surface area is 275 Å². The smallest absolute Gasteiger partial charge is 0.417 e. The molecule has 0 bridgehead atoms. The van der Waals surface area contributed by atoms with E-state index < -0.39 is 70.6 Å². The first-order chi connectivity index (χ1) is 23.2. The molecule has 0 radical (unpaired) electrons. The molecule has 1 aliphatic heterocycles. The van der Waals surface area contributed by atoms with E-state index in [-0.39, 0.29) is 52.5 Å². The van der Waals surface area contributed by atoms with Crippen molar-refractivity contribution in [2.75, 3.05) is 19.6 Å². The van der Waals surface area contributed by atoms with Crippen molar-refractivity contribution in [2.24, 2.45) is 7.05 Å². The average Bonchev–Trinajstić information content (AvgIpc) is 3.02. The molecule has 6 rings (SSSR count). The molecule has 0 spiro atoms. The molecule has 1 aliphatic rings. The highest BCUT2D eigenvalue weighted by molar-refractivity contribution is 6.02. The maximum atomic E-state index is 15.0. The van der Waals surface area contributed by atoms with Gasteiger partial charge in [-0.1, -0.05) is 54.6 Å². The fraction of sp³-hybridized carbons (Fsp3) is 0.250. The van der Waals surface area contributed by atoms with E-state index in [1.165, 1.54) is 61.6 Å². The van der Waals surface area contributed by atoms with E-state index in [4.69, 9.17) is 0 Å². The van der Waals surface area contributed by atoms with Crippen molar-refractivity contribution in [3.63, 3.8) is 0 Å². The van der Waals surface area contributed by atoms with Crippen LogP contribution in [0.15, 0.2) is 77.6 Å². The van der Waals surface area contributed by atoms with Gasteiger partial charge in [0.05, 0.1) is 16.6 Å². The van der Waals surface area contributed by atoms with Gasteiger partial charge in [0.25, 0.3) is 11.5 Å². The number of carboxylic acids is 1. The van der Waals surface area contributed by atoms with Crippen molar-refractivity contribution in [1.82, 2.24) is 14.8 Å². The Hall–Kier alpha value is -5.17. The summed E-state index contributed by atoms with van der Waals surface area (Å²) in [4.78, 5) is 40.6. The molecular weight excluding hydrogens is 652 g/mol. The highest BCUT2D eigenvalue weighted by atomic mass is 19.4. The molecule has 1 saturated heterocycles. The van der Waals surface area contributed by atoms with Gasteiger partial charge in [0.2, 0.25) is 0 Å². The van der Waals surface area contributed by atoms with Crippen LogP contribution in [0.3, 0.4) is 0 Å². The summed E-state index contributed by atoms with van der Waals surface area (Å²) in [5, 5.41) is 12.5. The van der Waals surface area contributed by atoms with Crippen LogP contribution in [0.4, 0.5) is 26.3 Å². The lowest BCUT2D eigenvalue weighted by atomic mass is 9.90. The van der Waals surface area contributed by atoms with E-state index in [1.54, 1.807) is 11.0 Å². The maximum Gasteiger partial charge on any atom is 0.417 e. The molecule has 5 aromatic rings. The number of hydrogen-bond acceptors (Lipinski definition) is 4. The highest BCUT2D eigenvalue weighted by Crippen LogP contribution is 2.42. The monoisotopic (exact) mass is 681 g/mol. The van der Waals surface area contributed by atoms with Crippen LogP contribution in [0.2, 0.25) is 0 Å². The number of para-hydroxylation sites is 1. The van der Waals surface area contributed by atoms with Crippen molar-refractivity contribution in [3.8, 4) is 11.1 Å². The van der Waals surface area contributed by atoms with Crippen LogP contribution < -0.4 is 10.9 Å². The Morgan fingerprint density at radius 1 is 0.939 bits per heavy atom. The highest BCUT2D eigenvalue weighted by Gasteiger charge is 2.38. The Balaban J connectivity index is 1.33. The minimum atomic E-state index is -4.91. The molecule has 0 saturated carbocycles. The number of pyridine rings is 1. The number of alkyl halides is 4. The number of hydrogen-bond donors (Lipinski definition) is 2. The molecule has 7 nitrogen and oxygen atoms in total. The lowest BCUT2D eigenvalue weighted by molar-refractivity contribution is -0.139. The number of carbonyl (C=O) groups is 2. The third-order valence-corrected chi connectivity index (χ3v) is 8.85. The van der Waals surface area contributed by atoms with Gasteiger partial charge in [0.15, 0.2) is 0 Å². The first-order valence-corrected chi connectivity index (χ1v) is 15.3. The van der Waals surface area contributed by atoms with Crippen LogP contribution in [0.5, 0.6) is 0 Å². The third-order valence-electron chi connectivity index (χ3n) is 8.85. The molecule has 13 heteroatoms. The third kappa shape index (κ3) is 6.50. The van der Waals surface area contributed by atoms with Crippen LogP contribution in [-0.4, -0.2) is 58.3 Å².